The lowest BCUT2D eigenvalue weighted by Crippen LogP contribution is -2.06. The SMILES string of the molecule is CC(Nc1ccc(-n2nccn2)cc1)c1ccncc1. The van der Waals surface area contributed by atoms with Crippen molar-refractivity contribution in [2.24, 2.45) is 0 Å². The number of anilines is 1. The summed E-state index contributed by atoms with van der Waals surface area (Å²) in [6.45, 7) is 2.12. The number of nitrogens with one attached hydrogen (secondary N) is 1. The van der Waals surface area contributed by atoms with E-state index in [-0.39, 0.29) is 6.04 Å². The fraction of sp³-hybridized carbons (Fsp3) is 0.133. The summed E-state index contributed by atoms with van der Waals surface area (Å²) in [4.78, 5) is 5.62. The van der Waals surface area contributed by atoms with Crippen molar-refractivity contribution in [3.8, 4) is 5.69 Å². The fourth-order valence-electron chi connectivity index (χ4n) is 2.03. The molecule has 0 spiro atoms. The van der Waals surface area contributed by atoms with Crippen LogP contribution in [0.15, 0.2) is 61.2 Å². The molecule has 1 aromatic carbocycles. The third-order valence-corrected chi connectivity index (χ3v) is 3.11. The van der Waals surface area contributed by atoms with Gasteiger partial charge in [0.25, 0.3) is 0 Å². The summed E-state index contributed by atoms with van der Waals surface area (Å²) < 4.78 is 0. The van der Waals surface area contributed by atoms with Crippen molar-refractivity contribution in [3.05, 3.63) is 66.7 Å². The second-order valence-corrected chi connectivity index (χ2v) is 4.51. The maximum atomic E-state index is 4.10. The molecule has 2 aromatic heterocycles. The van der Waals surface area contributed by atoms with Gasteiger partial charge >= 0.3 is 0 Å². The van der Waals surface area contributed by atoms with Crippen LogP contribution in [0.2, 0.25) is 0 Å². The number of hydrogen-bond donors (Lipinski definition) is 1. The molecule has 3 aromatic rings. The molecule has 1 N–H and O–H groups in total. The molecule has 0 saturated heterocycles. The van der Waals surface area contributed by atoms with Gasteiger partial charge in [-0.2, -0.15) is 15.0 Å². The van der Waals surface area contributed by atoms with E-state index in [0.29, 0.717) is 0 Å². The van der Waals surface area contributed by atoms with E-state index in [4.69, 9.17) is 0 Å². The molecule has 0 radical (unpaired) electrons. The van der Waals surface area contributed by atoms with Crippen LogP contribution in [0.4, 0.5) is 5.69 Å². The molecule has 0 fully saturated rings. The van der Waals surface area contributed by atoms with Crippen molar-refractivity contribution in [1.29, 1.82) is 0 Å². The van der Waals surface area contributed by atoms with Crippen LogP contribution in [0, 0.1) is 0 Å². The van der Waals surface area contributed by atoms with Crippen LogP contribution in [0.1, 0.15) is 18.5 Å². The highest BCUT2D eigenvalue weighted by Gasteiger charge is 2.05. The average Bonchev–Trinajstić information content (AvgIpc) is 3.03. The van der Waals surface area contributed by atoms with Gasteiger partial charge in [-0.25, -0.2) is 0 Å². The molecule has 0 saturated carbocycles. The Hall–Kier alpha value is -2.69. The fourth-order valence-corrected chi connectivity index (χ4v) is 2.03. The van der Waals surface area contributed by atoms with Gasteiger partial charge in [-0.05, 0) is 48.9 Å². The van der Waals surface area contributed by atoms with Gasteiger partial charge in [-0.3, -0.25) is 4.98 Å². The Morgan fingerprint density at radius 2 is 1.55 bits per heavy atom. The summed E-state index contributed by atoms with van der Waals surface area (Å²) in [5, 5.41) is 11.7. The molecule has 0 bridgehead atoms. The zero-order valence-corrected chi connectivity index (χ0v) is 11.1. The smallest absolute Gasteiger partial charge is 0.0858 e. The summed E-state index contributed by atoms with van der Waals surface area (Å²) in [5.41, 5.74) is 3.21. The molecule has 2 heterocycles. The molecule has 0 amide bonds. The highest BCUT2D eigenvalue weighted by Crippen LogP contribution is 2.19. The van der Waals surface area contributed by atoms with Crippen molar-refractivity contribution >= 4 is 5.69 Å². The van der Waals surface area contributed by atoms with E-state index in [1.807, 2.05) is 36.4 Å². The number of rotatable bonds is 4. The zero-order chi connectivity index (χ0) is 13.8. The number of nitrogens with zero attached hydrogens (tertiary/aromatic N) is 4. The predicted octanol–water partition coefficient (Wildman–Crippen LogP) is 2.84. The zero-order valence-electron chi connectivity index (χ0n) is 11.1. The molecule has 5 nitrogen and oxygen atoms in total. The minimum absolute atomic E-state index is 0.228. The van der Waals surface area contributed by atoms with Crippen LogP contribution in [0.3, 0.4) is 0 Å². The van der Waals surface area contributed by atoms with E-state index in [2.05, 4.69) is 27.4 Å². The number of benzene rings is 1. The maximum Gasteiger partial charge on any atom is 0.0858 e. The Morgan fingerprint density at radius 3 is 2.20 bits per heavy atom. The Bertz CT molecular complexity index is 647. The minimum atomic E-state index is 0.228. The maximum absolute atomic E-state index is 4.10. The molecule has 0 aliphatic carbocycles. The first kappa shape index (κ1) is 12.3. The van der Waals surface area contributed by atoms with Crippen molar-refractivity contribution in [2.45, 2.75) is 13.0 Å². The largest absolute Gasteiger partial charge is 0.379 e. The molecule has 5 heteroatoms. The number of aromatic nitrogens is 4. The summed E-state index contributed by atoms with van der Waals surface area (Å²) >= 11 is 0. The molecule has 0 aliphatic heterocycles. The topological polar surface area (TPSA) is 55.6 Å². The summed E-state index contributed by atoms with van der Waals surface area (Å²) in [5.74, 6) is 0. The van der Waals surface area contributed by atoms with Crippen molar-refractivity contribution < 1.29 is 0 Å². The highest BCUT2D eigenvalue weighted by atomic mass is 15.5. The van der Waals surface area contributed by atoms with Gasteiger partial charge in [-0.1, -0.05) is 0 Å². The highest BCUT2D eigenvalue weighted by molar-refractivity contribution is 5.49. The molecular formula is C15H15N5. The van der Waals surface area contributed by atoms with Crippen LogP contribution < -0.4 is 5.32 Å². The van der Waals surface area contributed by atoms with Crippen molar-refractivity contribution in [1.82, 2.24) is 20.0 Å². The molecule has 20 heavy (non-hydrogen) atoms. The molecule has 100 valence electrons. The van der Waals surface area contributed by atoms with E-state index in [0.717, 1.165) is 11.4 Å². The van der Waals surface area contributed by atoms with Gasteiger partial charge in [0.05, 0.1) is 18.1 Å². The van der Waals surface area contributed by atoms with E-state index in [9.17, 15) is 0 Å². The van der Waals surface area contributed by atoms with Crippen LogP contribution in [-0.2, 0) is 0 Å². The molecular weight excluding hydrogens is 250 g/mol. The molecule has 1 atom stereocenters. The summed E-state index contributed by atoms with van der Waals surface area (Å²) in [7, 11) is 0. The average molecular weight is 265 g/mol. The van der Waals surface area contributed by atoms with E-state index in [1.54, 1.807) is 29.6 Å². The lowest BCUT2D eigenvalue weighted by Gasteiger charge is -2.15. The molecule has 0 aliphatic rings. The van der Waals surface area contributed by atoms with Crippen LogP contribution in [0.25, 0.3) is 5.69 Å². The summed E-state index contributed by atoms with van der Waals surface area (Å²) in [6.07, 6.45) is 6.94. The number of hydrogen-bond acceptors (Lipinski definition) is 4. The minimum Gasteiger partial charge on any atom is -0.379 e. The Labute approximate surface area is 117 Å². The van der Waals surface area contributed by atoms with Gasteiger partial charge in [0.15, 0.2) is 0 Å². The Balaban J connectivity index is 1.72. The first-order valence-electron chi connectivity index (χ1n) is 6.46. The Kier molecular flexibility index (Phi) is 3.41. The van der Waals surface area contributed by atoms with Crippen molar-refractivity contribution in [3.63, 3.8) is 0 Å². The normalized spacial score (nSPS) is 12.1. The van der Waals surface area contributed by atoms with Gasteiger partial charge in [-0.15, -0.1) is 0 Å². The Morgan fingerprint density at radius 1 is 0.900 bits per heavy atom. The van der Waals surface area contributed by atoms with Crippen LogP contribution in [-0.4, -0.2) is 20.0 Å². The van der Waals surface area contributed by atoms with E-state index < -0.39 is 0 Å². The van der Waals surface area contributed by atoms with Crippen LogP contribution in [0.5, 0.6) is 0 Å². The lowest BCUT2D eigenvalue weighted by molar-refractivity contribution is 0.752. The predicted molar refractivity (Wildman–Crippen MR) is 77.6 cm³/mol. The van der Waals surface area contributed by atoms with E-state index in [1.165, 1.54) is 5.56 Å². The standard InChI is InChI=1S/C15H15N5/c1-12(13-6-8-16-9-7-13)19-14-2-4-15(5-3-14)20-17-10-11-18-20/h2-12,19H,1H3. The quantitative estimate of drug-likeness (QED) is 0.788. The monoisotopic (exact) mass is 265 g/mol. The third-order valence-electron chi connectivity index (χ3n) is 3.11. The first-order valence-corrected chi connectivity index (χ1v) is 6.46. The van der Waals surface area contributed by atoms with Crippen molar-refractivity contribution in [2.75, 3.05) is 5.32 Å². The van der Waals surface area contributed by atoms with Gasteiger partial charge in [0.1, 0.15) is 0 Å². The van der Waals surface area contributed by atoms with E-state index >= 15 is 0 Å². The lowest BCUT2D eigenvalue weighted by atomic mass is 10.1. The number of pyridine rings is 1. The first-order chi connectivity index (χ1) is 9.83. The third kappa shape index (κ3) is 2.66. The van der Waals surface area contributed by atoms with Gasteiger partial charge in [0, 0.05) is 24.1 Å². The summed E-state index contributed by atoms with van der Waals surface area (Å²) in [6, 6.07) is 12.3. The molecule has 1 unspecified atom stereocenters. The van der Waals surface area contributed by atoms with Gasteiger partial charge in [0.2, 0.25) is 0 Å². The second-order valence-electron chi connectivity index (χ2n) is 4.51. The second kappa shape index (κ2) is 5.52. The van der Waals surface area contributed by atoms with Gasteiger partial charge < -0.3 is 5.32 Å². The van der Waals surface area contributed by atoms with Crippen LogP contribution >= 0.6 is 0 Å². The molecule has 3 rings (SSSR count).